The lowest BCUT2D eigenvalue weighted by atomic mass is 10.0. The third-order valence-corrected chi connectivity index (χ3v) is 9.17. The van der Waals surface area contributed by atoms with Gasteiger partial charge in [-0.1, -0.05) is 24.3 Å². The average Bonchev–Trinajstić information content (AvgIpc) is 3.46. The van der Waals surface area contributed by atoms with E-state index in [-0.39, 0.29) is 29.9 Å². The third kappa shape index (κ3) is 7.34. The van der Waals surface area contributed by atoms with Crippen LogP contribution in [0.1, 0.15) is 51.3 Å². The fourth-order valence-electron chi connectivity index (χ4n) is 6.20. The Bertz CT molecular complexity index is 2170. The molecule has 12 heteroatoms. The molecule has 0 spiro atoms. The Labute approximate surface area is 294 Å². The number of hydrogen-bond acceptors (Lipinski definition) is 9. The highest BCUT2D eigenvalue weighted by molar-refractivity contribution is 5.95. The van der Waals surface area contributed by atoms with E-state index >= 15 is 0 Å². The Morgan fingerprint density at radius 3 is 2.67 bits per heavy atom. The number of likely N-dealkylation sites (N-methyl/N-ethyl adjacent to an activating group) is 1. The molecule has 4 heterocycles. The van der Waals surface area contributed by atoms with Crippen molar-refractivity contribution in [2.45, 2.75) is 44.9 Å². The zero-order valence-corrected chi connectivity index (χ0v) is 28.4. The molecular weight excluding hydrogens is 650 g/mol. The van der Waals surface area contributed by atoms with Crippen molar-refractivity contribution in [2.75, 3.05) is 33.9 Å². The Morgan fingerprint density at radius 1 is 1.04 bits per heavy atom. The van der Waals surface area contributed by atoms with E-state index in [0.29, 0.717) is 79.7 Å². The van der Waals surface area contributed by atoms with Crippen molar-refractivity contribution in [2.24, 2.45) is 0 Å². The summed E-state index contributed by atoms with van der Waals surface area (Å²) in [5, 5.41) is 19.5. The smallest absolute Gasteiger partial charge is 0.335 e. The van der Waals surface area contributed by atoms with Gasteiger partial charge < -0.3 is 33.5 Å². The number of carbonyl (C=O) groups is 2. The molecule has 4 bridgehead atoms. The Balaban J connectivity index is 1.27. The van der Waals surface area contributed by atoms with Gasteiger partial charge >= 0.3 is 5.97 Å². The second-order valence-electron chi connectivity index (χ2n) is 12.8. The molecule has 0 saturated carbocycles. The maximum absolute atomic E-state index is 12.4. The van der Waals surface area contributed by atoms with Crippen LogP contribution in [0.5, 0.6) is 17.4 Å². The van der Waals surface area contributed by atoms with Gasteiger partial charge in [-0.15, -0.1) is 0 Å². The van der Waals surface area contributed by atoms with Crippen LogP contribution < -0.4 is 14.2 Å². The lowest BCUT2D eigenvalue weighted by molar-refractivity contribution is -0.130. The normalized spacial score (nSPS) is 15.3. The average molecular weight is 688 g/mol. The standard InChI is InChI=1S/C39H37N5O7/c1-43(2)37(45)23-50-34-18-29(39(46)47)16-32-38(34)42-35(44(32)21-30-12-14-48-30)19-27-11-10-26-17-33(27)49-13-4-5-25-15-24(20-40)8-9-28(25)22-51-36-7-3-6-31(26)41-36/h3,6-11,15-18,30H,4-5,12-14,19,21-23H2,1-2H3,(H,46,47). The predicted octanol–water partition coefficient (Wildman–Crippen LogP) is 5.42. The number of carboxylic acid groups (broad SMARTS) is 1. The summed E-state index contributed by atoms with van der Waals surface area (Å²) in [4.78, 5) is 35.8. The molecule has 12 nitrogen and oxygen atoms in total. The summed E-state index contributed by atoms with van der Waals surface area (Å²) in [5.41, 5.74) is 6.15. The van der Waals surface area contributed by atoms with E-state index < -0.39 is 5.97 Å². The number of hydrogen-bond donors (Lipinski definition) is 1. The van der Waals surface area contributed by atoms with Gasteiger partial charge in [-0.2, -0.15) is 5.26 Å². The summed E-state index contributed by atoms with van der Waals surface area (Å²) in [7, 11) is 3.26. The summed E-state index contributed by atoms with van der Waals surface area (Å²) in [6, 6.07) is 22.5. The quantitative estimate of drug-likeness (QED) is 0.224. The number of aromatic carboxylic acids is 1. The van der Waals surface area contributed by atoms with Crippen LogP contribution in [0.2, 0.25) is 0 Å². The van der Waals surface area contributed by atoms with E-state index in [2.05, 4.69) is 6.07 Å². The fraction of sp³-hybridized carbons (Fsp3) is 0.308. The molecular formula is C39H37N5O7. The number of amides is 1. The fourth-order valence-corrected chi connectivity index (χ4v) is 6.20. The van der Waals surface area contributed by atoms with Crippen molar-refractivity contribution < 1.29 is 33.6 Å². The topological polar surface area (TPSA) is 149 Å². The Morgan fingerprint density at radius 2 is 1.90 bits per heavy atom. The van der Waals surface area contributed by atoms with Crippen molar-refractivity contribution in [3.05, 3.63) is 100 Å². The first-order valence-corrected chi connectivity index (χ1v) is 16.8. The van der Waals surface area contributed by atoms with Crippen LogP contribution >= 0.6 is 0 Å². The molecule has 0 radical (unpaired) electrons. The van der Waals surface area contributed by atoms with Crippen LogP contribution in [0.4, 0.5) is 0 Å². The van der Waals surface area contributed by atoms with Gasteiger partial charge in [0.15, 0.2) is 6.61 Å². The molecule has 1 N–H and O–H groups in total. The molecule has 2 aliphatic rings. The van der Waals surface area contributed by atoms with Gasteiger partial charge in [0.25, 0.3) is 5.91 Å². The number of aryl methyl sites for hydroxylation is 1. The number of imidazole rings is 1. The minimum Gasteiger partial charge on any atom is -0.493 e. The number of carbonyl (C=O) groups excluding carboxylic acids is 1. The lowest BCUT2D eigenvalue weighted by Gasteiger charge is -2.27. The van der Waals surface area contributed by atoms with Gasteiger partial charge in [0.2, 0.25) is 5.88 Å². The SMILES string of the molecule is CN(C)C(=O)COc1cc(C(=O)O)cc2c1nc(Cc1ccc3cc1OCCCc1cc(C#N)ccc1COc1cccc-3n1)n2CC1CCO1. The second-order valence-corrected chi connectivity index (χ2v) is 12.8. The number of ether oxygens (including phenoxy) is 4. The second kappa shape index (κ2) is 14.5. The van der Waals surface area contributed by atoms with Crippen LogP contribution in [-0.4, -0.2) is 76.4 Å². The van der Waals surface area contributed by atoms with Crippen LogP contribution in [0, 0.1) is 11.3 Å². The predicted molar refractivity (Wildman–Crippen MR) is 187 cm³/mol. The summed E-state index contributed by atoms with van der Waals surface area (Å²) in [5.74, 6) is 0.669. The van der Waals surface area contributed by atoms with Crippen LogP contribution in [-0.2, 0) is 35.5 Å². The van der Waals surface area contributed by atoms with E-state index in [9.17, 15) is 20.0 Å². The zero-order chi connectivity index (χ0) is 35.5. The van der Waals surface area contributed by atoms with Crippen molar-refractivity contribution in [1.29, 1.82) is 5.26 Å². The number of fused-ring (bicyclic) bond motifs is 7. The van der Waals surface area contributed by atoms with Crippen LogP contribution in [0.25, 0.3) is 22.3 Å². The molecule has 1 fully saturated rings. The van der Waals surface area contributed by atoms with Gasteiger partial charge in [0, 0.05) is 44.3 Å². The molecule has 1 saturated heterocycles. The number of pyridine rings is 1. The molecule has 1 amide bonds. The van der Waals surface area contributed by atoms with E-state index in [1.807, 2.05) is 53.1 Å². The monoisotopic (exact) mass is 687 g/mol. The number of benzene rings is 3. The van der Waals surface area contributed by atoms with Gasteiger partial charge in [-0.05, 0) is 66.8 Å². The largest absolute Gasteiger partial charge is 0.493 e. The number of nitrogens with zero attached hydrogens (tertiary/aromatic N) is 5. The summed E-state index contributed by atoms with van der Waals surface area (Å²) in [6.07, 6.45) is 2.59. The van der Waals surface area contributed by atoms with Gasteiger partial charge in [-0.25, -0.2) is 14.8 Å². The Kier molecular flexibility index (Phi) is 9.55. The molecule has 2 aromatic heterocycles. The number of nitriles is 1. The van der Waals surface area contributed by atoms with Crippen molar-refractivity contribution in [1.82, 2.24) is 19.4 Å². The van der Waals surface area contributed by atoms with E-state index in [4.69, 9.17) is 28.9 Å². The molecule has 3 aromatic carbocycles. The van der Waals surface area contributed by atoms with Gasteiger partial charge in [0.05, 0.1) is 47.7 Å². The Hall–Kier alpha value is -5.93. The van der Waals surface area contributed by atoms with Crippen LogP contribution in [0.15, 0.2) is 66.7 Å². The van der Waals surface area contributed by atoms with Crippen LogP contribution in [0.3, 0.4) is 0 Å². The molecule has 260 valence electrons. The lowest BCUT2D eigenvalue weighted by Crippen LogP contribution is -2.31. The van der Waals surface area contributed by atoms with E-state index in [1.54, 1.807) is 26.2 Å². The van der Waals surface area contributed by atoms with Gasteiger partial charge in [-0.3, -0.25) is 4.79 Å². The summed E-state index contributed by atoms with van der Waals surface area (Å²) >= 11 is 0. The minimum absolute atomic E-state index is 0.0285. The molecule has 7 rings (SSSR count). The zero-order valence-electron chi connectivity index (χ0n) is 28.4. The van der Waals surface area contributed by atoms with Crippen molar-refractivity contribution >= 4 is 22.9 Å². The maximum atomic E-state index is 12.4. The number of carboxylic acids is 1. The summed E-state index contributed by atoms with van der Waals surface area (Å²) < 4.78 is 26.3. The maximum Gasteiger partial charge on any atom is 0.335 e. The molecule has 51 heavy (non-hydrogen) atoms. The number of aromatic nitrogens is 3. The minimum atomic E-state index is -1.12. The molecule has 0 aliphatic carbocycles. The first-order valence-electron chi connectivity index (χ1n) is 16.8. The number of rotatable bonds is 8. The molecule has 2 aliphatic heterocycles. The van der Waals surface area contributed by atoms with Gasteiger partial charge in [0.1, 0.15) is 29.4 Å². The molecule has 1 unspecified atom stereocenters. The van der Waals surface area contributed by atoms with Crippen molar-refractivity contribution in [3.63, 3.8) is 0 Å². The van der Waals surface area contributed by atoms with E-state index in [1.165, 1.54) is 11.0 Å². The summed E-state index contributed by atoms with van der Waals surface area (Å²) in [6.45, 7) is 1.63. The first-order chi connectivity index (χ1) is 24.7. The molecule has 1 atom stereocenters. The third-order valence-electron chi connectivity index (χ3n) is 9.17. The highest BCUT2D eigenvalue weighted by Gasteiger charge is 2.25. The first kappa shape index (κ1) is 33.6. The van der Waals surface area contributed by atoms with Crippen molar-refractivity contribution in [3.8, 4) is 34.7 Å². The van der Waals surface area contributed by atoms with E-state index in [0.717, 1.165) is 34.4 Å². The highest BCUT2D eigenvalue weighted by atomic mass is 16.5. The molecule has 5 aromatic rings. The highest BCUT2D eigenvalue weighted by Crippen LogP contribution is 2.34.